The molecule has 28 heteroatoms. The number of aromatic hydroxyl groups is 2. The molecule has 0 fully saturated rings. The van der Waals surface area contributed by atoms with Crippen LogP contribution in [0.3, 0.4) is 0 Å². The van der Waals surface area contributed by atoms with Gasteiger partial charge in [-0.3, -0.25) is 43.4 Å². The lowest BCUT2D eigenvalue weighted by molar-refractivity contribution is -0.141. The number of carbonyl (C=O) groups is 8. The Bertz CT molecular complexity index is 2960. The van der Waals surface area contributed by atoms with Gasteiger partial charge in [0.2, 0.25) is 11.8 Å². The van der Waals surface area contributed by atoms with Gasteiger partial charge in [0.05, 0.1) is 25.8 Å². The zero-order chi connectivity index (χ0) is 61.5. The highest BCUT2D eigenvalue weighted by atomic mass is 16.5. The quantitative estimate of drug-likeness (QED) is 0.0250. The molecule has 2 atom stereocenters. The number of aliphatic carboxylic acids is 5. The van der Waals surface area contributed by atoms with Crippen molar-refractivity contribution in [2.45, 2.75) is 122 Å². The van der Waals surface area contributed by atoms with Crippen molar-refractivity contribution >= 4 is 47.7 Å². The van der Waals surface area contributed by atoms with Gasteiger partial charge in [0.1, 0.15) is 54.0 Å². The van der Waals surface area contributed by atoms with E-state index in [0.717, 1.165) is 12.0 Å². The third-order valence-electron chi connectivity index (χ3n) is 13.4. The van der Waals surface area contributed by atoms with Crippen molar-refractivity contribution < 1.29 is 78.8 Å². The number of nitrogens with one attached hydrogen (secondary N) is 4. The first-order chi connectivity index (χ1) is 40.8. The number of para-hydroxylation sites is 2. The Morgan fingerprint density at radius 1 is 0.588 bits per heavy atom. The summed E-state index contributed by atoms with van der Waals surface area (Å²) in [6.07, 6.45) is 7.56. The molecule has 11 N–H and O–H groups in total. The van der Waals surface area contributed by atoms with Gasteiger partial charge in [-0.15, -0.1) is 5.10 Å². The molecule has 5 rings (SSSR count). The summed E-state index contributed by atoms with van der Waals surface area (Å²) in [5, 5.41) is 85.9. The molecule has 460 valence electrons. The number of benzene rings is 3. The van der Waals surface area contributed by atoms with E-state index in [1.807, 2.05) is 29.2 Å². The molecule has 0 aliphatic carbocycles. The molecular weight excluding hydrogens is 1110 g/mol. The minimum atomic E-state index is -1.52. The van der Waals surface area contributed by atoms with Crippen LogP contribution >= 0.6 is 0 Å². The van der Waals surface area contributed by atoms with E-state index in [1.165, 1.54) is 6.07 Å². The second-order valence-electron chi connectivity index (χ2n) is 20.2. The van der Waals surface area contributed by atoms with Crippen LogP contribution in [0.1, 0.15) is 92.4 Å². The van der Waals surface area contributed by atoms with Gasteiger partial charge in [-0.1, -0.05) is 60.2 Å². The van der Waals surface area contributed by atoms with Crippen LogP contribution in [0, 0.1) is 0 Å². The van der Waals surface area contributed by atoms with Crippen LogP contribution in [0.4, 0.5) is 4.79 Å². The topological polar surface area (TPSA) is 394 Å². The molecule has 28 nitrogen and oxygen atoms in total. The van der Waals surface area contributed by atoms with Crippen LogP contribution in [0.2, 0.25) is 0 Å². The van der Waals surface area contributed by atoms with Crippen molar-refractivity contribution in [1.29, 1.82) is 0 Å². The average molecular weight is 1190 g/mol. The van der Waals surface area contributed by atoms with Crippen LogP contribution in [-0.4, -0.2) is 181 Å². The highest BCUT2D eigenvalue weighted by Crippen LogP contribution is 2.21. The molecular formula is C57H76N12O16. The molecule has 0 saturated carbocycles. The second-order valence-corrected chi connectivity index (χ2v) is 20.2. The number of imidazole rings is 1. The van der Waals surface area contributed by atoms with Crippen LogP contribution in [0.15, 0.2) is 91.4 Å². The maximum atomic E-state index is 13.2. The van der Waals surface area contributed by atoms with Crippen LogP contribution in [-0.2, 0) is 79.4 Å². The molecule has 0 radical (unpaired) electrons. The summed E-state index contributed by atoms with van der Waals surface area (Å²) in [6, 6.07) is 17.1. The molecule has 0 spiro atoms. The fourth-order valence-corrected chi connectivity index (χ4v) is 8.94. The molecule has 5 aromatic rings. The summed E-state index contributed by atoms with van der Waals surface area (Å²) in [5.74, 6) is -5.23. The predicted molar refractivity (Wildman–Crippen MR) is 304 cm³/mol. The number of amides is 4. The monoisotopic (exact) mass is 1180 g/mol. The molecule has 4 amide bonds. The third kappa shape index (κ3) is 25.9. The Labute approximate surface area is 490 Å². The highest BCUT2D eigenvalue weighted by Gasteiger charge is 2.25. The van der Waals surface area contributed by atoms with Gasteiger partial charge < -0.3 is 66.3 Å². The molecule has 0 saturated heterocycles. The normalized spacial score (nSPS) is 11.9. The Hall–Kier alpha value is -9.15. The summed E-state index contributed by atoms with van der Waals surface area (Å²) in [7, 11) is 0. The highest BCUT2D eigenvalue weighted by molar-refractivity contribution is 5.86. The Morgan fingerprint density at radius 2 is 1.21 bits per heavy atom. The van der Waals surface area contributed by atoms with Gasteiger partial charge in [-0.2, -0.15) is 0 Å². The minimum absolute atomic E-state index is 0.000645. The number of hydrogen-bond acceptors (Lipinski definition) is 17. The molecule has 0 aliphatic heterocycles. The predicted octanol–water partition coefficient (Wildman–Crippen LogP) is 3.06. The minimum Gasteiger partial charge on any atom is -0.508 e. The number of urea groups is 1. The number of aryl methyl sites for hydroxylation is 1. The Morgan fingerprint density at radius 3 is 1.84 bits per heavy atom. The molecule has 0 bridgehead atoms. The van der Waals surface area contributed by atoms with E-state index in [2.05, 4.69) is 41.5 Å². The number of phenols is 2. The first kappa shape index (κ1) is 66.6. The maximum absolute atomic E-state index is 13.2. The fraction of sp³-hybridized carbons (Fsp3) is 0.456. The Balaban J connectivity index is 1.02. The fourth-order valence-electron chi connectivity index (χ4n) is 8.94. The zero-order valence-corrected chi connectivity index (χ0v) is 47.2. The number of nitrogens with zero attached hydrogens (tertiary/aromatic N) is 8. The smallest absolute Gasteiger partial charge is 0.326 e. The summed E-state index contributed by atoms with van der Waals surface area (Å²) in [4.78, 5) is 105. The number of carboxylic acid groups (broad SMARTS) is 5. The molecule has 85 heavy (non-hydrogen) atoms. The lowest BCUT2D eigenvalue weighted by Gasteiger charge is -2.27. The number of hydrogen-bond donors (Lipinski definition) is 11. The van der Waals surface area contributed by atoms with E-state index in [0.29, 0.717) is 99.8 Å². The van der Waals surface area contributed by atoms with Crippen molar-refractivity contribution in [3.63, 3.8) is 0 Å². The molecule has 2 heterocycles. The summed E-state index contributed by atoms with van der Waals surface area (Å²) in [5.41, 5.74) is 2.72. The number of aromatic nitrogens is 5. The largest absolute Gasteiger partial charge is 0.508 e. The lowest BCUT2D eigenvalue weighted by atomic mass is 10.1. The zero-order valence-electron chi connectivity index (χ0n) is 47.2. The first-order valence-electron chi connectivity index (χ1n) is 27.8. The molecule has 2 unspecified atom stereocenters. The van der Waals surface area contributed by atoms with Gasteiger partial charge in [0.25, 0.3) is 0 Å². The van der Waals surface area contributed by atoms with E-state index in [-0.39, 0.29) is 95.0 Å². The van der Waals surface area contributed by atoms with Gasteiger partial charge in [0.15, 0.2) is 0 Å². The van der Waals surface area contributed by atoms with Gasteiger partial charge >= 0.3 is 35.9 Å². The Kier molecular flexibility index (Phi) is 28.0. The standard InChI is InChI=1S/C57H76N12O16/c70-47-14-5-3-11-41(47)32-66(29-30-67(37-53(76)77)33-42-12-4-6-15-48(42)71)36-51(73)60-24-10-27-69-34-43(63-64-69)39-85-44-19-17-40(18-20-44)31-65(35-49-58-25-28-68(49)38-54(78)79)26-9-1-2-16-50(72)59-23-8-7-13-45(55(80)81)61-57(84)62-46(56(82)83)21-22-52(74)75/h3-6,11-12,14-15,17-20,25,28,34,45-46,70-71H,1-2,7-10,13,16,21-24,26-27,29-33,35-39H2,(H,59,72)(H,60,73)(H,74,75)(H,76,77)(H,78,79)(H,80,81)(H,82,83)(H2,61,62,84). The second kappa shape index (κ2) is 35.8. The maximum Gasteiger partial charge on any atom is 0.326 e. The molecule has 2 aromatic heterocycles. The van der Waals surface area contributed by atoms with Crippen LogP contribution in [0.25, 0.3) is 0 Å². The number of rotatable bonds is 42. The lowest BCUT2D eigenvalue weighted by Crippen LogP contribution is -2.51. The van der Waals surface area contributed by atoms with Crippen molar-refractivity contribution in [3.8, 4) is 17.2 Å². The number of carbonyl (C=O) groups excluding carboxylic acids is 3. The summed E-state index contributed by atoms with van der Waals surface area (Å²) < 4.78 is 9.26. The van der Waals surface area contributed by atoms with Crippen LogP contribution in [0.5, 0.6) is 17.2 Å². The van der Waals surface area contributed by atoms with E-state index >= 15 is 0 Å². The van der Waals surface area contributed by atoms with Crippen LogP contribution < -0.4 is 26.0 Å². The number of unbranched alkanes of at least 4 members (excludes halogenated alkanes) is 3. The number of carboxylic acids is 5. The third-order valence-corrected chi connectivity index (χ3v) is 13.4. The SMILES string of the molecule is O=C(O)CCC(NC(=O)NC(CCCCNC(=O)CCCCCN(Cc1ccc(OCc2cn(CCCNC(=O)CN(CCN(CC(=O)O)Cc3ccccc3O)Cc3ccccc3O)nn2)cc1)Cc1nccn1CC(=O)O)C(=O)O)C(=O)O. The van der Waals surface area contributed by atoms with Crippen molar-refractivity contribution in [2.75, 3.05) is 45.8 Å². The van der Waals surface area contributed by atoms with E-state index < -0.39 is 54.4 Å². The van der Waals surface area contributed by atoms with Crippen molar-refractivity contribution in [1.82, 2.24) is 60.5 Å². The van der Waals surface area contributed by atoms with Gasteiger partial charge in [-0.05, 0) is 81.3 Å². The van der Waals surface area contributed by atoms with E-state index in [1.54, 1.807) is 75.2 Å². The molecule has 0 aliphatic rings. The van der Waals surface area contributed by atoms with Gasteiger partial charge in [-0.25, -0.2) is 19.4 Å². The average Bonchev–Trinajstić information content (AvgIpc) is 4.37. The summed E-state index contributed by atoms with van der Waals surface area (Å²) >= 11 is 0. The van der Waals surface area contributed by atoms with Crippen molar-refractivity contribution in [3.05, 3.63) is 120 Å². The number of ether oxygens (including phenoxy) is 1. The summed E-state index contributed by atoms with van der Waals surface area (Å²) in [6.45, 7) is 3.10. The first-order valence-corrected chi connectivity index (χ1v) is 27.8. The van der Waals surface area contributed by atoms with E-state index in [4.69, 9.17) is 9.84 Å². The van der Waals surface area contributed by atoms with Crippen molar-refractivity contribution in [2.24, 2.45) is 0 Å². The van der Waals surface area contributed by atoms with E-state index in [9.17, 15) is 69.0 Å². The van der Waals surface area contributed by atoms with Gasteiger partial charge in [0, 0.05) is 88.7 Å². The molecule has 3 aromatic carbocycles. The number of phenolic OH excluding ortho intramolecular Hbond substituents is 2.